The first-order valence-corrected chi connectivity index (χ1v) is 6.39. The number of oxime groups is 1. The number of hydrogen-bond acceptors (Lipinski definition) is 3. The van der Waals surface area contributed by atoms with Gasteiger partial charge in [0.15, 0.2) is 0 Å². The van der Waals surface area contributed by atoms with Gasteiger partial charge in [-0.15, -0.1) is 0 Å². The molecule has 0 fully saturated rings. The molecule has 1 atom stereocenters. The Balaban J connectivity index is 3.78. The molecule has 0 aromatic rings. The third-order valence-corrected chi connectivity index (χ3v) is 2.95. The van der Waals surface area contributed by atoms with Gasteiger partial charge in [-0.25, -0.2) is 0 Å². The quantitative estimate of drug-likeness (QED) is 0.227. The Morgan fingerprint density at radius 1 is 1.35 bits per heavy atom. The summed E-state index contributed by atoms with van der Waals surface area (Å²) in [5.74, 6) is 0.950. The number of nitrogens with two attached hydrogens (primary N) is 1. The molecule has 1 unspecified atom stereocenters. The second kappa shape index (κ2) is 7.54. The largest absolute Gasteiger partial charge is 0.409 e. The van der Waals surface area contributed by atoms with Crippen LogP contribution in [0.2, 0.25) is 0 Å². The van der Waals surface area contributed by atoms with Crippen molar-refractivity contribution in [1.29, 1.82) is 0 Å². The van der Waals surface area contributed by atoms with Gasteiger partial charge in [0.25, 0.3) is 0 Å². The van der Waals surface area contributed by atoms with Gasteiger partial charge in [-0.3, -0.25) is 0 Å². The standard InChI is InChI=1S/C13H28N2O2/c1-10(2)9-11(3)17-8-6-7-13(4,5)12(14)15-16/h10-11,16H,6-9H2,1-5H3,(H2,14,15). The lowest BCUT2D eigenvalue weighted by molar-refractivity contribution is 0.0471. The molecule has 102 valence electrons. The summed E-state index contributed by atoms with van der Waals surface area (Å²) >= 11 is 0. The second-order valence-corrected chi connectivity index (χ2v) is 5.78. The van der Waals surface area contributed by atoms with Crippen molar-refractivity contribution in [3.8, 4) is 0 Å². The van der Waals surface area contributed by atoms with Gasteiger partial charge in [-0.05, 0) is 32.1 Å². The number of rotatable bonds is 8. The maximum absolute atomic E-state index is 8.65. The third-order valence-electron chi connectivity index (χ3n) is 2.95. The summed E-state index contributed by atoms with van der Waals surface area (Å²) < 4.78 is 5.72. The normalized spacial score (nSPS) is 15.3. The zero-order valence-electron chi connectivity index (χ0n) is 11.9. The third kappa shape index (κ3) is 7.21. The van der Waals surface area contributed by atoms with E-state index in [2.05, 4.69) is 25.9 Å². The van der Waals surface area contributed by atoms with Crippen LogP contribution in [0.15, 0.2) is 5.16 Å². The number of hydrogen-bond donors (Lipinski definition) is 2. The van der Waals surface area contributed by atoms with Crippen LogP contribution in [0.5, 0.6) is 0 Å². The van der Waals surface area contributed by atoms with Crippen LogP contribution in [-0.4, -0.2) is 23.8 Å². The van der Waals surface area contributed by atoms with E-state index >= 15 is 0 Å². The molecular formula is C13H28N2O2. The van der Waals surface area contributed by atoms with E-state index < -0.39 is 0 Å². The van der Waals surface area contributed by atoms with E-state index in [0.717, 1.165) is 25.9 Å². The smallest absolute Gasteiger partial charge is 0.144 e. The summed E-state index contributed by atoms with van der Waals surface area (Å²) in [4.78, 5) is 0. The van der Waals surface area contributed by atoms with E-state index in [9.17, 15) is 0 Å². The topological polar surface area (TPSA) is 67.8 Å². The van der Waals surface area contributed by atoms with Crippen molar-refractivity contribution in [3.63, 3.8) is 0 Å². The lowest BCUT2D eigenvalue weighted by Crippen LogP contribution is -2.32. The van der Waals surface area contributed by atoms with Crippen molar-refractivity contribution in [2.45, 2.75) is 60.0 Å². The van der Waals surface area contributed by atoms with E-state index in [0.29, 0.717) is 12.0 Å². The van der Waals surface area contributed by atoms with Crippen molar-refractivity contribution in [1.82, 2.24) is 0 Å². The monoisotopic (exact) mass is 244 g/mol. The lowest BCUT2D eigenvalue weighted by atomic mass is 9.87. The maximum Gasteiger partial charge on any atom is 0.144 e. The number of ether oxygens (including phenoxy) is 1. The van der Waals surface area contributed by atoms with Crippen LogP contribution >= 0.6 is 0 Å². The summed E-state index contributed by atoms with van der Waals surface area (Å²) in [6.07, 6.45) is 3.18. The number of nitrogens with zero attached hydrogens (tertiary/aromatic N) is 1. The summed E-state index contributed by atoms with van der Waals surface area (Å²) in [5, 5.41) is 11.7. The minimum Gasteiger partial charge on any atom is -0.409 e. The Morgan fingerprint density at radius 3 is 2.41 bits per heavy atom. The summed E-state index contributed by atoms with van der Waals surface area (Å²) in [6, 6.07) is 0. The Bertz CT molecular complexity index is 238. The molecule has 3 N–H and O–H groups in total. The van der Waals surface area contributed by atoms with Crippen LogP contribution < -0.4 is 5.73 Å². The molecule has 0 bridgehead atoms. The van der Waals surface area contributed by atoms with Crippen LogP contribution in [0.3, 0.4) is 0 Å². The number of amidine groups is 1. The molecule has 0 spiro atoms. The summed E-state index contributed by atoms with van der Waals surface area (Å²) in [6.45, 7) is 11.2. The fraction of sp³-hybridized carbons (Fsp3) is 0.923. The van der Waals surface area contributed by atoms with E-state index in [-0.39, 0.29) is 11.3 Å². The second-order valence-electron chi connectivity index (χ2n) is 5.78. The van der Waals surface area contributed by atoms with E-state index in [1.165, 1.54) is 0 Å². The molecule has 0 aromatic carbocycles. The highest BCUT2D eigenvalue weighted by Gasteiger charge is 2.22. The molecule has 0 radical (unpaired) electrons. The molecule has 0 aliphatic rings. The van der Waals surface area contributed by atoms with Crippen molar-refractivity contribution < 1.29 is 9.94 Å². The van der Waals surface area contributed by atoms with Crippen LogP contribution in [0.25, 0.3) is 0 Å². The van der Waals surface area contributed by atoms with Gasteiger partial charge in [0.05, 0.1) is 6.10 Å². The predicted molar refractivity (Wildman–Crippen MR) is 71.3 cm³/mol. The van der Waals surface area contributed by atoms with Gasteiger partial charge in [0.1, 0.15) is 5.84 Å². The maximum atomic E-state index is 8.65. The molecule has 0 saturated heterocycles. The van der Waals surface area contributed by atoms with Crippen LogP contribution in [-0.2, 0) is 4.74 Å². The highest BCUT2D eigenvalue weighted by molar-refractivity contribution is 5.85. The first-order chi connectivity index (χ1) is 7.79. The van der Waals surface area contributed by atoms with Crippen molar-refractivity contribution in [2.24, 2.45) is 22.2 Å². The van der Waals surface area contributed by atoms with Crippen molar-refractivity contribution in [3.05, 3.63) is 0 Å². The zero-order chi connectivity index (χ0) is 13.5. The van der Waals surface area contributed by atoms with Crippen LogP contribution in [0, 0.1) is 11.3 Å². The molecule has 0 aliphatic heterocycles. The summed E-state index contributed by atoms with van der Waals surface area (Å²) in [5.41, 5.74) is 5.35. The molecule has 0 aliphatic carbocycles. The first-order valence-electron chi connectivity index (χ1n) is 6.39. The van der Waals surface area contributed by atoms with Crippen LogP contribution in [0.4, 0.5) is 0 Å². The first kappa shape index (κ1) is 16.2. The highest BCUT2D eigenvalue weighted by atomic mass is 16.5. The SMILES string of the molecule is CC(C)CC(C)OCCCC(C)(C)C(N)=NO. The molecule has 0 rings (SSSR count). The van der Waals surface area contributed by atoms with Gasteiger partial charge < -0.3 is 15.7 Å². The molecule has 4 nitrogen and oxygen atoms in total. The van der Waals surface area contributed by atoms with Crippen molar-refractivity contribution in [2.75, 3.05) is 6.61 Å². The fourth-order valence-corrected chi connectivity index (χ4v) is 1.79. The van der Waals surface area contributed by atoms with Crippen LogP contribution in [0.1, 0.15) is 53.9 Å². The predicted octanol–water partition coefficient (Wildman–Crippen LogP) is 2.99. The molecule has 0 heterocycles. The Hall–Kier alpha value is -0.770. The summed E-state index contributed by atoms with van der Waals surface area (Å²) in [7, 11) is 0. The zero-order valence-corrected chi connectivity index (χ0v) is 11.9. The Morgan fingerprint density at radius 2 is 1.94 bits per heavy atom. The molecule has 17 heavy (non-hydrogen) atoms. The van der Waals surface area contributed by atoms with Gasteiger partial charge in [0.2, 0.25) is 0 Å². The fourth-order valence-electron chi connectivity index (χ4n) is 1.79. The molecular weight excluding hydrogens is 216 g/mol. The molecule has 0 aromatic heterocycles. The minimum atomic E-state index is -0.264. The lowest BCUT2D eigenvalue weighted by Gasteiger charge is -2.23. The average Bonchev–Trinajstić information content (AvgIpc) is 2.22. The van der Waals surface area contributed by atoms with Gasteiger partial charge in [-0.2, -0.15) is 0 Å². The van der Waals surface area contributed by atoms with E-state index in [4.69, 9.17) is 15.7 Å². The van der Waals surface area contributed by atoms with Crippen molar-refractivity contribution >= 4 is 5.84 Å². The Labute approximate surface area is 105 Å². The van der Waals surface area contributed by atoms with E-state index in [1.54, 1.807) is 0 Å². The molecule has 0 amide bonds. The highest BCUT2D eigenvalue weighted by Crippen LogP contribution is 2.22. The van der Waals surface area contributed by atoms with E-state index in [1.807, 2.05) is 13.8 Å². The minimum absolute atomic E-state index is 0.264. The van der Waals surface area contributed by atoms with Gasteiger partial charge in [-0.1, -0.05) is 32.9 Å². The molecule has 4 heteroatoms. The van der Waals surface area contributed by atoms with Gasteiger partial charge >= 0.3 is 0 Å². The average molecular weight is 244 g/mol. The Kier molecular flexibility index (Phi) is 7.19. The van der Waals surface area contributed by atoms with Gasteiger partial charge in [0, 0.05) is 12.0 Å². The molecule has 0 saturated carbocycles.